The molecule has 2 aromatic carbocycles. The van der Waals surface area contributed by atoms with Gasteiger partial charge >= 0.3 is 0 Å². The van der Waals surface area contributed by atoms with Gasteiger partial charge in [-0.25, -0.2) is 0 Å². The summed E-state index contributed by atoms with van der Waals surface area (Å²) in [6.07, 6.45) is 1.68. The molecule has 6 heteroatoms. The number of nitrogens with one attached hydrogen (secondary N) is 1. The summed E-state index contributed by atoms with van der Waals surface area (Å²) in [5, 5.41) is 11.7. The second-order valence-electron chi connectivity index (χ2n) is 6.79. The molecular formula is C21H24N6. The first-order chi connectivity index (χ1) is 13.3. The second kappa shape index (κ2) is 8.03. The maximum absolute atomic E-state index is 4.65. The van der Waals surface area contributed by atoms with Crippen molar-refractivity contribution in [1.29, 1.82) is 0 Å². The largest absolute Gasteiger partial charge is 0.368 e. The van der Waals surface area contributed by atoms with E-state index in [4.69, 9.17) is 0 Å². The molecule has 1 aliphatic heterocycles. The molecule has 27 heavy (non-hydrogen) atoms. The first-order valence-electron chi connectivity index (χ1n) is 9.32. The molecule has 2 heterocycles. The van der Waals surface area contributed by atoms with E-state index in [0.29, 0.717) is 5.95 Å². The van der Waals surface area contributed by atoms with Gasteiger partial charge in [-0.1, -0.05) is 48.0 Å². The number of benzene rings is 2. The molecule has 1 N–H and O–H groups in total. The molecule has 0 aliphatic carbocycles. The molecule has 0 bridgehead atoms. The van der Waals surface area contributed by atoms with Gasteiger partial charge < -0.3 is 15.1 Å². The Labute approximate surface area is 159 Å². The van der Waals surface area contributed by atoms with Crippen molar-refractivity contribution in [1.82, 2.24) is 15.2 Å². The lowest BCUT2D eigenvalue weighted by molar-refractivity contribution is 0.635. The lowest BCUT2D eigenvalue weighted by atomic mass is 10.1. The van der Waals surface area contributed by atoms with Crippen molar-refractivity contribution in [2.24, 2.45) is 0 Å². The number of aryl methyl sites for hydroxylation is 1. The molecule has 1 saturated heterocycles. The maximum Gasteiger partial charge on any atom is 0.247 e. The molecule has 1 fully saturated rings. The summed E-state index contributed by atoms with van der Waals surface area (Å²) in [7, 11) is 0. The van der Waals surface area contributed by atoms with Gasteiger partial charge in [0.05, 0.1) is 6.20 Å². The minimum atomic E-state index is 0.691. The number of anilines is 3. The normalized spacial score (nSPS) is 14.3. The van der Waals surface area contributed by atoms with Gasteiger partial charge in [-0.2, -0.15) is 10.1 Å². The number of aromatic nitrogens is 3. The fourth-order valence-electron chi connectivity index (χ4n) is 3.22. The molecule has 6 nitrogen and oxygen atoms in total. The highest BCUT2D eigenvalue weighted by Gasteiger charge is 2.19. The van der Waals surface area contributed by atoms with Gasteiger partial charge in [-0.3, -0.25) is 0 Å². The molecule has 4 rings (SSSR count). The van der Waals surface area contributed by atoms with Crippen LogP contribution in [0.15, 0.2) is 60.8 Å². The van der Waals surface area contributed by atoms with Crippen molar-refractivity contribution in [2.75, 3.05) is 41.3 Å². The SMILES string of the molecule is Cc1ccc(CNc2cnnc(N3CCN(c4ccccc4)CC3)n2)cc1. The first kappa shape index (κ1) is 17.3. The van der Waals surface area contributed by atoms with Crippen LogP contribution in [0.25, 0.3) is 0 Å². The summed E-state index contributed by atoms with van der Waals surface area (Å²) < 4.78 is 0. The van der Waals surface area contributed by atoms with E-state index in [2.05, 4.69) is 85.8 Å². The van der Waals surface area contributed by atoms with Crippen LogP contribution >= 0.6 is 0 Å². The molecule has 138 valence electrons. The maximum atomic E-state index is 4.65. The highest BCUT2D eigenvalue weighted by molar-refractivity contribution is 5.48. The Morgan fingerprint density at radius 1 is 0.889 bits per heavy atom. The molecule has 3 aromatic rings. The average molecular weight is 360 g/mol. The van der Waals surface area contributed by atoms with Crippen LogP contribution in [0.3, 0.4) is 0 Å². The number of rotatable bonds is 5. The van der Waals surface area contributed by atoms with Crippen LogP contribution in [0.2, 0.25) is 0 Å². The Morgan fingerprint density at radius 2 is 1.59 bits per heavy atom. The monoisotopic (exact) mass is 360 g/mol. The standard InChI is InChI=1S/C21H24N6/c1-17-7-9-18(10-8-17)15-22-20-16-23-25-21(24-20)27-13-11-26(12-14-27)19-5-3-2-4-6-19/h2-10,16H,11-15H2,1H3,(H,22,24,25). The predicted octanol–water partition coefficient (Wildman–Crippen LogP) is 3.12. The Kier molecular flexibility index (Phi) is 5.14. The summed E-state index contributed by atoms with van der Waals surface area (Å²) in [6.45, 7) is 6.49. The zero-order valence-corrected chi connectivity index (χ0v) is 15.5. The van der Waals surface area contributed by atoms with Gasteiger partial charge in [0, 0.05) is 38.4 Å². The third kappa shape index (κ3) is 4.34. The second-order valence-corrected chi connectivity index (χ2v) is 6.79. The van der Waals surface area contributed by atoms with Crippen LogP contribution in [0.4, 0.5) is 17.5 Å². The van der Waals surface area contributed by atoms with E-state index < -0.39 is 0 Å². The molecular weight excluding hydrogens is 336 g/mol. The Morgan fingerprint density at radius 3 is 2.33 bits per heavy atom. The molecule has 1 aromatic heterocycles. The number of hydrogen-bond donors (Lipinski definition) is 1. The van der Waals surface area contributed by atoms with Crippen molar-refractivity contribution >= 4 is 17.5 Å². The third-order valence-electron chi connectivity index (χ3n) is 4.83. The molecule has 0 saturated carbocycles. The number of piperazine rings is 1. The van der Waals surface area contributed by atoms with Gasteiger partial charge in [0.15, 0.2) is 5.82 Å². The quantitative estimate of drug-likeness (QED) is 0.754. The smallest absolute Gasteiger partial charge is 0.247 e. The Bertz CT molecular complexity index is 857. The summed E-state index contributed by atoms with van der Waals surface area (Å²) in [4.78, 5) is 9.24. The van der Waals surface area contributed by atoms with Gasteiger partial charge in [0.2, 0.25) is 5.95 Å². The van der Waals surface area contributed by atoms with Crippen LogP contribution in [-0.2, 0) is 6.54 Å². The van der Waals surface area contributed by atoms with Gasteiger partial charge in [-0.15, -0.1) is 5.10 Å². The van der Waals surface area contributed by atoms with E-state index in [9.17, 15) is 0 Å². The van der Waals surface area contributed by atoms with Crippen LogP contribution in [-0.4, -0.2) is 41.4 Å². The third-order valence-corrected chi connectivity index (χ3v) is 4.83. The molecule has 0 spiro atoms. The summed E-state index contributed by atoms with van der Waals surface area (Å²) in [5.74, 6) is 1.45. The zero-order valence-electron chi connectivity index (χ0n) is 15.5. The molecule has 0 unspecified atom stereocenters. The summed E-state index contributed by atoms with van der Waals surface area (Å²) in [6, 6.07) is 19.0. The number of nitrogens with zero attached hydrogens (tertiary/aromatic N) is 5. The van der Waals surface area contributed by atoms with E-state index in [1.807, 2.05) is 6.07 Å². The Balaban J connectivity index is 1.36. The van der Waals surface area contributed by atoms with Crippen LogP contribution in [0, 0.1) is 6.92 Å². The average Bonchev–Trinajstić information content (AvgIpc) is 2.74. The van der Waals surface area contributed by atoms with E-state index in [1.54, 1.807) is 6.20 Å². The van der Waals surface area contributed by atoms with E-state index in [0.717, 1.165) is 38.5 Å². The summed E-state index contributed by atoms with van der Waals surface area (Å²) >= 11 is 0. The predicted molar refractivity (Wildman–Crippen MR) is 109 cm³/mol. The van der Waals surface area contributed by atoms with Gasteiger partial charge in [0.25, 0.3) is 0 Å². The van der Waals surface area contributed by atoms with Crippen LogP contribution in [0.5, 0.6) is 0 Å². The van der Waals surface area contributed by atoms with E-state index in [1.165, 1.54) is 16.8 Å². The molecule has 0 radical (unpaired) electrons. The lowest BCUT2D eigenvalue weighted by Gasteiger charge is -2.35. The van der Waals surface area contributed by atoms with Crippen molar-refractivity contribution in [3.63, 3.8) is 0 Å². The summed E-state index contributed by atoms with van der Waals surface area (Å²) in [5.41, 5.74) is 3.75. The molecule has 0 atom stereocenters. The van der Waals surface area contributed by atoms with E-state index >= 15 is 0 Å². The fourth-order valence-corrected chi connectivity index (χ4v) is 3.22. The molecule has 0 amide bonds. The fraction of sp³-hybridized carbons (Fsp3) is 0.286. The van der Waals surface area contributed by atoms with E-state index in [-0.39, 0.29) is 0 Å². The molecule has 1 aliphatic rings. The van der Waals surface area contributed by atoms with Crippen LogP contribution in [0.1, 0.15) is 11.1 Å². The lowest BCUT2D eigenvalue weighted by Crippen LogP contribution is -2.47. The highest BCUT2D eigenvalue weighted by atomic mass is 15.4. The van der Waals surface area contributed by atoms with Crippen molar-refractivity contribution in [3.05, 3.63) is 71.9 Å². The van der Waals surface area contributed by atoms with Crippen molar-refractivity contribution in [3.8, 4) is 0 Å². The van der Waals surface area contributed by atoms with Gasteiger partial charge in [-0.05, 0) is 24.6 Å². The number of hydrogen-bond acceptors (Lipinski definition) is 6. The minimum Gasteiger partial charge on any atom is -0.368 e. The van der Waals surface area contributed by atoms with Crippen molar-refractivity contribution < 1.29 is 0 Å². The Hall–Kier alpha value is -3.15. The first-order valence-corrected chi connectivity index (χ1v) is 9.32. The van der Waals surface area contributed by atoms with Crippen molar-refractivity contribution in [2.45, 2.75) is 13.5 Å². The van der Waals surface area contributed by atoms with Crippen LogP contribution < -0.4 is 15.1 Å². The number of para-hydroxylation sites is 1. The topological polar surface area (TPSA) is 57.2 Å². The minimum absolute atomic E-state index is 0.691. The van der Waals surface area contributed by atoms with Gasteiger partial charge in [0.1, 0.15) is 0 Å². The zero-order chi connectivity index (χ0) is 18.5. The highest BCUT2D eigenvalue weighted by Crippen LogP contribution is 2.18.